The molecule has 0 N–H and O–H groups in total. The van der Waals surface area contributed by atoms with E-state index in [9.17, 15) is 0 Å². The molecule has 0 aliphatic heterocycles. The zero-order valence-corrected chi connectivity index (χ0v) is 32.2. The van der Waals surface area contributed by atoms with Crippen LogP contribution in [0.15, 0.2) is 212 Å². The zero-order chi connectivity index (χ0) is 38.1. The van der Waals surface area contributed by atoms with E-state index in [1.54, 1.807) is 0 Å². The number of nitrogens with zero attached hydrogens (tertiary/aromatic N) is 1. The predicted molar refractivity (Wildman–Crippen MR) is 239 cm³/mol. The fraction of sp³-hybridized carbons (Fsp3) is 0.0714. The molecule has 0 fully saturated rings. The molecule has 0 spiro atoms. The molecule has 0 unspecified atom stereocenters. The maximum atomic E-state index is 2.47. The van der Waals surface area contributed by atoms with Crippen LogP contribution in [0.2, 0.25) is 0 Å². The van der Waals surface area contributed by atoms with Crippen molar-refractivity contribution in [3.05, 3.63) is 246 Å². The molecule has 0 atom stereocenters. The molecule has 9 aromatic carbocycles. The molecule has 2 aliphatic carbocycles. The first-order chi connectivity index (χ1) is 28.0. The van der Waals surface area contributed by atoms with Crippen molar-refractivity contribution >= 4 is 27.8 Å². The van der Waals surface area contributed by atoms with Gasteiger partial charge in [-0.05, 0) is 114 Å². The Morgan fingerprint density at radius 2 is 0.860 bits per heavy atom. The molecule has 0 heterocycles. The van der Waals surface area contributed by atoms with E-state index in [4.69, 9.17) is 0 Å². The summed E-state index contributed by atoms with van der Waals surface area (Å²) in [5, 5.41) is 2.53. The van der Waals surface area contributed by atoms with Crippen molar-refractivity contribution < 1.29 is 0 Å². The van der Waals surface area contributed by atoms with Crippen LogP contribution in [0.5, 0.6) is 0 Å². The van der Waals surface area contributed by atoms with Crippen LogP contribution in [0.3, 0.4) is 0 Å². The largest absolute Gasteiger partial charge is 0.310 e. The molecule has 2 aliphatic rings. The summed E-state index contributed by atoms with van der Waals surface area (Å²) in [6.45, 7) is 4.73. The highest BCUT2D eigenvalue weighted by atomic mass is 15.1. The van der Waals surface area contributed by atoms with Crippen molar-refractivity contribution in [2.45, 2.75) is 24.7 Å². The summed E-state index contributed by atoms with van der Waals surface area (Å²) in [4.78, 5) is 2.46. The summed E-state index contributed by atoms with van der Waals surface area (Å²) in [5.41, 5.74) is 18.4. The molecule has 11 rings (SSSR count). The Hall–Kier alpha value is -6.96. The van der Waals surface area contributed by atoms with Crippen molar-refractivity contribution in [2.24, 2.45) is 0 Å². The van der Waals surface area contributed by atoms with Gasteiger partial charge in [0.05, 0.1) is 5.41 Å². The SMILES string of the molecule is CC1(C)c2ccccc2-c2c1ccc1ccc(N(c3ccc(-c4ccccc4)cc3)c3ccc4c(c3)C(c3ccccc3)(c3ccccc3)c3ccccc3-4)cc21. The van der Waals surface area contributed by atoms with E-state index < -0.39 is 5.41 Å². The molecule has 0 radical (unpaired) electrons. The maximum Gasteiger partial charge on any atom is 0.0714 e. The van der Waals surface area contributed by atoms with E-state index in [2.05, 4.69) is 231 Å². The first kappa shape index (κ1) is 33.4. The number of hydrogen-bond donors (Lipinski definition) is 0. The molecular formula is C56H41N. The fourth-order valence-corrected chi connectivity index (χ4v) is 10.1. The van der Waals surface area contributed by atoms with Gasteiger partial charge in [-0.2, -0.15) is 0 Å². The average molecular weight is 728 g/mol. The van der Waals surface area contributed by atoms with Crippen molar-refractivity contribution in [1.82, 2.24) is 0 Å². The molecule has 0 amide bonds. The van der Waals surface area contributed by atoms with Crippen LogP contribution < -0.4 is 4.90 Å². The third kappa shape index (κ3) is 4.95. The van der Waals surface area contributed by atoms with Gasteiger partial charge in [0, 0.05) is 22.5 Å². The summed E-state index contributed by atoms with van der Waals surface area (Å²) in [6, 6.07) is 78.7. The highest BCUT2D eigenvalue weighted by Gasteiger charge is 2.46. The number of anilines is 3. The molecule has 1 heteroatoms. The van der Waals surface area contributed by atoms with Gasteiger partial charge in [0.25, 0.3) is 0 Å². The van der Waals surface area contributed by atoms with Gasteiger partial charge in [0.1, 0.15) is 0 Å². The van der Waals surface area contributed by atoms with Gasteiger partial charge >= 0.3 is 0 Å². The minimum absolute atomic E-state index is 0.0731. The Kier molecular flexibility index (Phi) is 7.50. The lowest BCUT2D eigenvalue weighted by Gasteiger charge is -2.35. The second kappa shape index (κ2) is 12.8. The Balaban J connectivity index is 1.17. The van der Waals surface area contributed by atoms with Gasteiger partial charge in [-0.15, -0.1) is 0 Å². The maximum absolute atomic E-state index is 2.47. The molecular weight excluding hydrogens is 687 g/mol. The molecule has 57 heavy (non-hydrogen) atoms. The van der Waals surface area contributed by atoms with Gasteiger partial charge in [0.15, 0.2) is 0 Å². The quantitative estimate of drug-likeness (QED) is 0.165. The second-order valence-electron chi connectivity index (χ2n) is 16.1. The molecule has 0 saturated carbocycles. The van der Waals surface area contributed by atoms with Crippen LogP contribution in [0, 0.1) is 0 Å². The van der Waals surface area contributed by atoms with Crippen LogP contribution in [0.1, 0.15) is 47.2 Å². The topological polar surface area (TPSA) is 3.24 Å². The third-order valence-electron chi connectivity index (χ3n) is 12.7. The van der Waals surface area contributed by atoms with E-state index in [0.29, 0.717) is 0 Å². The third-order valence-corrected chi connectivity index (χ3v) is 12.7. The van der Waals surface area contributed by atoms with Gasteiger partial charge in [-0.3, -0.25) is 0 Å². The summed E-state index contributed by atoms with van der Waals surface area (Å²) >= 11 is 0. The van der Waals surface area contributed by atoms with Crippen LogP contribution >= 0.6 is 0 Å². The smallest absolute Gasteiger partial charge is 0.0714 e. The van der Waals surface area contributed by atoms with Gasteiger partial charge in [-0.25, -0.2) is 0 Å². The van der Waals surface area contributed by atoms with Crippen LogP contribution in [-0.4, -0.2) is 0 Å². The minimum Gasteiger partial charge on any atom is -0.310 e. The summed E-state index contributed by atoms with van der Waals surface area (Å²) in [5.74, 6) is 0. The highest BCUT2D eigenvalue weighted by molar-refractivity contribution is 6.04. The van der Waals surface area contributed by atoms with Crippen LogP contribution in [0.25, 0.3) is 44.2 Å². The average Bonchev–Trinajstić information content (AvgIpc) is 3.70. The lowest BCUT2D eigenvalue weighted by atomic mass is 9.67. The standard InChI is InChI=1S/C56H41N/c1-55(2)50-24-14-13-23-48(50)54-49-36-44(32-28-40(49)29-35-52(54)55)57(43-30-26-39(27-31-43)38-16-6-3-7-17-38)45-33-34-47-46-22-12-15-25-51(46)56(53(47)37-45,41-18-8-4-9-19-41)42-20-10-5-11-21-42/h3-37H,1-2H3. The Bertz CT molecular complexity index is 2920. The van der Waals surface area contributed by atoms with Crippen molar-refractivity contribution in [3.63, 3.8) is 0 Å². The molecule has 270 valence electrons. The second-order valence-corrected chi connectivity index (χ2v) is 16.1. The van der Waals surface area contributed by atoms with Gasteiger partial charge < -0.3 is 4.90 Å². The summed E-state index contributed by atoms with van der Waals surface area (Å²) < 4.78 is 0. The summed E-state index contributed by atoms with van der Waals surface area (Å²) in [6.07, 6.45) is 0. The molecule has 0 aromatic heterocycles. The fourth-order valence-electron chi connectivity index (χ4n) is 10.1. The van der Waals surface area contributed by atoms with E-state index >= 15 is 0 Å². The number of hydrogen-bond acceptors (Lipinski definition) is 1. The molecule has 9 aromatic rings. The molecule has 0 saturated heterocycles. The lowest BCUT2D eigenvalue weighted by Crippen LogP contribution is -2.28. The van der Waals surface area contributed by atoms with Crippen molar-refractivity contribution in [3.8, 4) is 33.4 Å². The highest BCUT2D eigenvalue weighted by Crippen LogP contribution is 2.58. The van der Waals surface area contributed by atoms with Gasteiger partial charge in [0.2, 0.25) is 0 Å². The zero-order valence-electron chi connectivity index (χ0n) is 32.2. The van der Waals surface area contributed by atoms with E-state index in [1.165, 1.54) is 77.5 Å². The van der Waals surface area contributed by atoms with Gasteiger partial charge in [-0.1, -0.05) is 190 Å². The van der Waals surface area contributed by atoms with Crippen molar-refractivity contribution in [2.75, 3.05) is 4.90 Å². The molecule has 1 nitrogen and oxygen atoms in total. The molecule has 0 bridgehead atoms. The minimum atomic E-state index is -0.493. The van der Waals surface area contributed by atoms with E-state index in [1.807, 2.05) is 0 Å². The van der Waals surface area contributed by atoms with Crippen LogP contribution in [-0.2, 0) is 10.8 Å². The first-order valence-electron chi connectivity index (χ1n) is 20.0. The van der Waals surface area contributed by atoms with Crippen LogP contribution in [0.4, 0.5) is 17.1 Å². The monoisotopic (exact) mass is 727 g/mol. The summed E-state index contributed by atoms with van der Waals surface area (Å²) in [7, 11) is 0. The number of fused-ring (bicyclic) bond motifs is 8. The normalized spacial score (nSPS) is 14.1. The first-order valence-corrected chi connectivity index (χ1v) is 20.0. The lowest BCUT2D eigenvalue weighted by molar-refractivity contribution is 0.661. The Labute approximate surface area is 335 Å². The Morgan fingerprint density at radius 3 is 1.56 bits per heavy atom. The number of benzene rings is 9. The van der Waals surface area contributed by atoms with Crippen molar-refractivity contribution in [1.29, 1.82) is 0 Å². The van der Waals surface area contributed by atoms with E-state index in [-0.39, 0.29) is 5.41 Å². The predicted octanol–water partition coefficient (Wildman–Crippen LogP) is 14.6. The van der Waals surface area contributed by atoms with E-state index in [0.717, 1.165) is 17.1 Å². The number of rotatable bonds is 6. The Morgan fingerprint density at radius 1 is 0.351 bits per heavy atom.